The van der Waals surface area contributed by atoms with Gasteiger partial charge in [-0.2, -0.15) is 0 Å². The Kier molecular flexibility index (Phi) is 9.84. The lowest BCUT2D eigenvalue weighted by Gasteiger charge is -2.34. The Bertz CT molecular complexity index is 591. The highest BCUT2D eigenvalue weighted by atomic mass is 35.5. The van der Waals surface area contributed by atoms with E-state index in [1.165, 1.54) is 12.8 Å². The van der Waals surface area contributed by atoms with Crippen molar-refractivity contribution in [2.24, 2.45) is 5.73 Å². The van der Waals surface area contributed by atoms with E-state index >= 15 is 0 Å². The predicted octanol–water partition coefficient (Wildman–Crippen LogP) is 2.30. The predicted molar refractivity (Wildman–Crippen MR) is 111 cm³/mol. The number of amides is 1. The number of nitrogens with zero attached hydrogens (tertiary/aromatic N) is 1. The first-order valence-electron chi connectivity index (χ1n) is 9.16. The second kappa shape index (κ2) is 11.1. The molecule has 0 spiro atoms. The molecule has 3 N–H and O–H groups in total. The number of ether oxygens (including phenoxy) is 2. The molecule has 0 aromatic heterocycles. The maximum Gasteiger partial charge on any atom is 0.240 e. The Morgan fingerprint density at radius 3 is 2.52 bits per heavy atom. The first kappa shape index (κ1) is 24.0. The molecular weight excluding hydrogens is 389 g/mol. The Morgan fingerprint density at radius 2 is 1.89 bits per heavy atom. The van der Waals surface area contributed by atoms with Crippen LogP contribution in [0.15, 0.2) is 24.3 Å². The van der Waals surface area contributed by atoms with E-state index in [1.54, 1.807) is 7.11 Å². The van der Waals surface area contributed by atoms with E-state index in [0.717, 1.165) is 24.4 Å². The molecule has 3 rings (SSSR count). The number of para-hydroxylation sites is 1. The number of likely N-dealkylation sites (tertiary alicyclic amines) is 1. The monoisotopic (exact) mass is 419 g/mol. The summed E-state index contributed by atoms with van der Waals surface area (Å²) < 4.78 is 10.9. The van der Waals surface area contributed by atoms with Crippen LogP contribution in [0.2, 0.25) is 0 Å². The molecule has 0 radical (unpaired) electrons. The molecular formula is C19H31Cl2N3O3. The molecule has 1 aromatic carbocycles. The topological polar surface area (TPSA) is 76.8 Å². The molecule has 0 bridgehead atoms. The second-order valence-corrected chi connectivity index (χ2v) is 6.98. The van der Waals surface area contributed by atoms with E-state index in [4.69, 9.17) is 15.2 Å². The van der Waals surface area contributed by atoms with Gasteiger partial charge in [0.1, 0.15) is 5.75 Å². The normalized spacial score (nSPS) is 20.1. The molecule has 2 saturated heterocycles. The van der Waals surface area contributed by atoms with Crippen molar-refractivity contribution < 1.29 is 14.3 Å². The number of halogens is 2. The van der Waals surface area contributed by atoms with Gasteiger partial charge in [0.25, 0.3) is 0 Å². The minimum absolute atomic E-state index is 0. The number of methoxy groups -OCH3 is 1. The zero-order valence-electron chi connectivity index (χ0n) is 15.8. The SMILES string of the molecule is COc1ccccc1C(CNC(=O)C1(N)CCOCC1)N1CCCC1.Cl.Cl. The molecule has 0 saturated carbocycles. The van der Waals surface area contributed by atoms with Crippen molar-refractivity contribution in [3.05, 3.63) is 29.8 Å². The number of nitrogens with two attached hydrogens (primary N) is 1. The van der Waals surface area contributed by atoms with Crippen LogP contribution in [0.5, 0.6) is 5.75 Å². The first-order valence-corrected chi connectivity index (χ1v) is 9.16. The molecule has 27 heavy (non-hydrogen) atoms. The second-order valence-electron chi connectivity index (χ2n) is 6.98. The van der Waals surface area contributed by atoms with Crippen molar-refractivity contribution in [3.63, 3.8) is 0 Å². The molecule has 1 unspecified atom stereocenters. The van der Waals surface area contributed by atoms with Crippen LogP contribution in [0, 0.1) is 0 Å². The number of rotatable bonds is 6. The third kappa shape index (κ3) is 5.72. The van der Waals surface area contributed by atoms with Crippen LogP contribution in [-0.2, 0) is 9.53 Å². The van der Waals surface area contributed by atoms with Crippen LogP contribution in [0.4, 0.5) is 0 Å². The molecule has 0 aliphatic carbocycles. The Balaban J connectivity index is 0.00000182. The summed E-state index contributed by atoms with van der Waals surface area (Å²) >= 11 is 0. The molecule has 2 heterocycles. The fourth-order valence-corrected chi connectivity index (χ4v) is 3.76. The largest absolute Gasteiger partial charge is 0.496 e. The van der Waals surface area contributed by atoms with E-state index < -0.39 is 5.54 Å². The van der Waals surface area contributed by atoms with Gasteiger partial charge in [0.2, 0.25) is 5.91 Å². The standard InChI is InChI=1S/C19H29N3O3.2ClH/c1-24-17-7-3-2-6-15(17)16(22-10-4-5-11-22)14-21-18(23)19(20)8-12-25-13-9-19;;/h2-3,6-7,16H,4-5,8-14,20H2,1H3,(H,21,23);2*1H. The van der Waals surface area contributed by atoms with Crippen molar-refractivity contribution in [1.82, 2.24) is 10.2 Å². The van der Waals surface area contributed by atoms with Gasteiger partial charge in [-0.15, -0.1) is 24.8 Å². The molecule has 2 aliphatic heterocycles. The van der Waals surface area contributed by atoms with Gasteiger partial charge in [-0.05, 0) is 44.8 Å². The molecule has 8 heteroatoms. The van der Waals surface area contributed by atoms with Gasteiger partial charge in [0, 0.05) is 25.3 Å². The average molecular weight is 420 g/mol. The van der Waals surface area contributed by atoms with Crippen molar-refractivity contribution in [2.75, 3.05) is 40.0 Å². The molecule has 1 amide bonds. The summed E-state index contributed by atoms with van der Waals surface area (Å²) in [6, 6.07) is 8.15. The maximum atomic E-state index is 12.7. The van der Waals surface area contributed by atoms with Gasteiger partial charge < -0.3 is 20.5 Å². The van der Waals surface area contributed by atoms with Crippen molar-refractivity contribution >= 4 is 30.7 Å². The smallest absolute Gasteiger partial charge is 0.240 e. The zero-order chi connectivity index (χ0) is 17.7. The number of hydrogen-bond acceptors (Lipinski definition) is 5. The summed E-state index contributed by atoms with van der Waals surface area (Å²) in [7, 11) is 1.69. The third-order valence-electron chi connectivity index (χ3n) is 5.37. The average Bonchev–Trinajstić information content (AvgIpc) is 3.17. The van der Waals surface area contributed by atoms with E-state index in [9.17, 15) is 4.79 Å². The zero-order valence-corrected chi connectivity index (χ0v) is 17.4. The van der Waals surface area contributed by atoms with E-state index in [0.29, 0.717) is 32.6 Å². The fraction of sp³-hybridized carbons (Fsp3) is 0.632. The maximum absolute atomic E-state index is 12.7. The lowest BCUT2D eigenvalue weighted by atomic mass is 9.90. The molecule has 6 nitrogen and oxygen atoms in total. The van der Waals surface area contributed by atoms with Gasteiger partial charge in [-0.3, -0.25) is 9.69 Å². The van der Waals surface area contributed by atoms with E-state index in [2.05, 4.69) is 16.3 Å². The van der Waals surface area contributed by atoms with Crippen LogP contribution in [0.25, 0.3) is 0 Å². The molecule has 2 aliphatic rings. The van der Waals surface area contributed by atoms with Crippen molar-refractivity contribution in [3.8, 4) is 5.75 Å². The number of carbonyl (C=O) groups excluding carboxylic acids is 1. The van der Waals surface area contributed by atoms with Gasteiger partial charge in [0.05, 0.1) is 18.7 Å². The van der Waals surface area contributed by atoms with Crippen LogP contribution in [0.1, 0.15) is 37.3 Å². The van der Waals surface area contributed by atoms with Crippen molar-refractivity contribution in [2.45, 2.75) is 37.3 Å². The van der Waals surface area contributed by atoms with Gasteiger partial charge in [-0.25, -0.2) is 0 Å². The summed E-state index contributed by atoms with van der Waals surface area (Å²) in [5.41, 5.74) is 6.61. The molecule has 2 fully saturated rings. The number of carbonyl (C=O) groups is 1. The van der Waals surface area contributed by atoms with Crippen molar-refractivity contribution in [1.29, 1.82) is 0 Å². The molecule has 1 aromatic rings. The minimum Gasteiger partial charge on any atom is -0.496 e. The Hall–Kier alpha value is -1.05. The van der Waals surface area contributed by atoms with E-state index in [1.807, 2.05) is 18.2 Å². The van der Waals surface area contributed by atoms with Crippen LogP contribution in [-0.4, -0.2) is 56.3 Å². The number of nitrogens with one attached hydrogen (secondary N) is 1. The van der Waals surface area contributed by atoms with Crippen LogP contribution in [0.3, 0.4) is 0 Å². The molecule has 154 valence electrons. The number of hydrogen-bond donors (Lipinski definition) is 2. The summed E-state index contributed by atoms with van der Waals surface area (Å²) in [5, 5.41) is 3.10. The van der Waals surface area contributed by atoms with Gasteiger partial charge >= 0.3 is 0 Å². The quantitative estimate of drug-likeness (QED) is 0.739. The highest BCUT2D eigenvalue weighted by Gasteiger charge is 2.36. The summed E-state index contributed by atoms with van der Waals surface area (Å²) in [5.74, 6) is 0.789. The van der Waals surface area contributed by atoms with Gasteiger partial charge in [-0.1, -0.05) is 18.2 Å². The van der Waals surface area contributed by atoms with Crippen LogP contribution < -0.4 is 15.8 Å². The highest BCUT2D eigenvalue weighted by Crippen LogP contribution is 2.31. The Morgan fingerprint density at radius 1 is 1.26 bits per heavy atom. The number of benzene rings is 1. The van der Waals surface area contributed by atoms with Gasteiger partial charge in [0.15, 0.2) is 0 Å². The first-order chi connectivity index (χ1) is 12.1. The fourth-order valence-electron chi connectivity index (χ4n) is 3.76. The Labute approximate surface area is 174 Å². The third-order valence-corrected chi connectivity index (χ3v) is 5.37. The summed E-state index contributed by atoms with van der Waals surface area (Å²) in [6.45, 7) is 3.72. The minimum atomic E-state index is -0.811. The summed E-state index contributed by atoms with van der Waals surface area (Å²) in [4.78, 5) is 15.1. The summed E-state index contributed by atoms with van der Waals surface area (Å²) in [6.07, 6.45) is 3.53. The lowest BCUT2D eigenvalue weighted by Crippen LogP contribution is -2.57. The van der Waals surface area contributed by atoms with E-state index in [-0.39, 0.29) is 36.8 Å². The molecule has 1 atom stereocenters. The van der Waals surface area contributed by atoms with Crippen LogP contribution >= 0.6 is 24.8 Å². The highest BCUT2D eigenvalue weighted by molar-refractivity contribution is 5.86. The lowest BCUT2D eigenvalue weighted by molar-refractivity contribution is -0.130.